The first-order valence-corrected chi connectivity index (χ1v) is 7.85. The highest BCUT2D eigenvalue weighted by Gasteiger charge is 2.18. The van der Waals surface area contributed by atoms with Gasteiger partial charge in [0, 0.05) is 18.5 Å². The average Bonchev–Trinajstić information content (AvgIpc) is 2.92. The number of fused-ring (bicyclic) bond motifs is 1. The van der Waals surface area contributed by atoms with Crippen molar-refractivity contribution in [2.24, 2.45) is 0 Å². The second-order valence-electron chi connectivity index (χ2n) is 5.98. The van der Waals surface area contributed by atoms with Gasteiger partial charge >= 0.3 is 5.69 Å². The van der Waals surface area contributed by atoms with Gasteiger partial charge < -0.3 is 15.3 Å². The molecule has 3 rings (SSSR count). The largest absolute Gasteiger partial charge is 0.352 e. The Morgan fingerprint density at radius 2 is 1.80 bits per heavy atom. The summed E-state index contributed by atoms with van der Waals surface area (Å²) in [5, 5.41) is 2.72. The van der Waals surface area contributed by atoms with Crippen molar-refractivity contribution in [2.45, 2.75) is 25.8 Å². The topological polar surface area (TPSA) is 77.8 Å². The number of halogens is 2. The third-order valence-electron chi connectivity index (χ3n) is 4.05. The van der Waals surface area contributed by atoms with E-state index >= 15 is 0 Å². The van der Waals surface area contributed by atoms with E-state index < -0.39 is 17.6 Å². The average molecular weight is 345 g/mol. The first-order chi connectivity index (χ1) is 11.9. The van der Waals surface area contributed by atoms with Crippen molar-refractivity contribution in [2.75, 3.05) is 0 Å². The van der Waals surface area contributed by atoms with E-state index in [-0.39, 0.29) is 30.1 Å². The fraction of sp³-hybridized carbons (Fsp3) is 0.222. The van der Waals surface area contributed by atoms with Crippen molar-refractivity contribution in [3.63, 3.8) is 0 Å². The van der Waals surface area contributed by atoms with E-state index in [0.29, 0.717) is 11.0 Å². The molecule has 1 heterocycles. The molecule has 0 aliphatic heterocycles. The zero-order valence-corrected chi connectivity index (χ0v) is 13.5. The predicted octanol–water partition coefficient (Wildman–Crippen LogP) is 2.94. The maximum atomic E-state index is 13.7. The van der Waals surface area contributed by atoms with Crippen LogP contribution in [-0.2, 0) is 11.3 Å². The quantitative estimate of drug-likeness (QED) is 0.665. The number of hydrogen-bond donors (Lipinski definition) is 3. The first kappa shape index (κ1) is 16.9. The third-order valence-corrected chi connectivity index (χ3v) is 4.05. The fourth-order valence-corrected chi connectivity index (χ4v) is 2.82. The van der Waals surface area contributed by atoms with Gasteiger partial charge in [-0.2, -0.15) is 0 Å². The molecule has 0 saturated heterocycles. The summed E-state index contributed by atoms with van der Waals surface area (Å²) in [4.78, 5) is 28.6. The minimum Gasteiger partial charge on any atom is -0.352 e. The van der Waals surface area contributed by atoms with Gasteiger partial charge in [-0.05, 0) is 35.7 Å². The van der Waals surface area contributed by atoms with Gasteiger partial charge in [-0.3, -0.25) is 4.79 Å². The minimum absolute atomic E-state index is 0.0267. The smallest absolute Gasteiger partial charge is 0.323 e. The highest BCUT2D eigenvalue weighted by Crippen LogP contribution is 2.25. The summed E-state index contributed by atoms with van der Waals surface area (Å²) in [5.74, 6) is -2.19. The van der Waals surface area contributed by atoms with Gasteiger partial charge in [0.2, 0.25) is 5.91 Å². The second-order valence-corrected chi connectivity index (χ2v) is 5.98. The lowest BCUT2D eigenvalue weighted by Gasteiger charge is -2.14. The Balaban J connectivity index is 1.62. The van der Waals surface area contributed by atoms with E-state index in [1.165, 1.54) is 18.2 Å². The van der Waals surface area contributed by atoms with Gasteiger partial charge in [-0.15, -0.1) is 0 Å². The number of aromatic amines is 2. The van der Waals surface area contributed by atoms with Gasteiger partial charge in [0.15, 0.2) is 0 Å². The molecule has 0 bridgehead atoms. The Morgan fingerprint density at radius 3 is 2.52 bits per heavy atom. The zero-order valence-electron chi connectivity index (χ0n) is 13.5. The predicted molar refractivity (Wildman–Crippen MR) is 90.2 cm³/mol. The molecule has 0 fully saturated rings. The van der Waals surface area contributed by atoms with Crippen molar-refractivity contribution in [1.82, 2.24) is 15.3 Å². The molecule has 0 spiro atoms. The van der Waals surface area contributed by atoms with Crippen molar-refractivity contribution in [3.05, 3.63) is 69.6 Å². The molecule has 0 aliphatic carbocycles. The van der Waals surface area contributed by atoms with E-state index in [0.717, 1.165) is 5.56 Å². The van der Waals surface area contributed by atoms with Crippen molar-refractivity contribution >= 4 is 16.9 Å². The molecule has 5 nitrogen and oxygen atoms in total. The van der Waals surface area contributed by atoms with Crippen LogP contribution in [0.2, 0.25) is 0 Å². The van der Waals surface area contributed by atoms with Crippen LogP contribution in [0.15, 0.2) is 41.2 Å². The number of carbonyl (C=O) groups is 1. The Bertz CT molecular complexity index is 958. The van der Waals surface area contributed by atoms with Crippen LogP contribution in [0, 0.1) is 11.6 Å². The molecule has 130 valence electrons. The molecule has 25 heavy (non-hydrogen) atoms. The van der Waals surface area contributed by atoms with Crippen LogP contribution >= 0.6 is 0 Å². The Morgan fingerprint density at radius 1 is 1.12 bits per heavy atom. The molecule has 1 aromatic heterocycles. The monoisotopic (exact) mass is 345 g/mol. The van der Waals surface area contributed by atoms with Crippen LogP contribution in [0.5, 0.6) is 0 Å². The number of imidazole rings is 1. The summed E-state index contributed by atoms with van der Waals surface area (Å²) < 4.78 is 27.5. The van der Waals surface area contributed by atoms with Gasteiger partial charge in [0.05, 0.1) is 11.0 Å². The molecular weight excluding hydrogens is 328 g/mol. The number of benzene rings is 2. The standard InChI is InChI=1S/C18H17F2N3O2/c1-10(17-12(19)3-2-4-13(17)20)7-16(24)21-9-11-5-6-14-15(8-11)23-18(25)22-14/h2-6,8,10H,7,9H2,1H3,(H,21,24)(H2,22,23,25)/t10-/m1/s1. The lowest BCUT2D eigenvalue weighted by atomic mass is 9.96. The van der Waals surface area contributed by atoms with E-state index in [9.17, 15) is 18.4 Å². The number of hydrogen-bond acceptors (Lipinski definition) is 2. The van der Waals surface area contributed by atoms with Crippen molar-refractivity contribution in [1.29, 1.82) is 0 Å². The third kappa shape index (κ3) is 3.76. The maximum Gasteiger partial charge on any atom is 0.323 e. The normalized spacial score (nSPS) is 12.3. The molecule has 0 radical (unpaired) electrons. The Kier molecular flexibility index (Phi) is 4.65. The number of amides is 1. The molecule has 7 heteroatoms. The molecule has 2 aromatic carbocycles. The van der Waals surface area contributed by atoms with Crippen LogP contribution in [0.1, 0.15) is 30.4 Å². The maximum absolute atomic E-state index is 13.7. The highest BCUT2D eigenvalue weighted by molar-refractivity contribution is 5.78. The van der Waals surface area contributed by atoms with Gasteiger partial charge in [0.1, 0.15) is 11.6 Å². The van der Waals surface area contributed by atoms with Crippen LogP contribution in [-0.4, -0.2) is 15.9 Å². The first-order valence-electron chi connectivity index (χ1n) is 7.85. The van der Waals surface area contributed by atoms with Crippen LogP contribution < -0.4 is 11.0 Å². The number of carbonyl (C=O) groups excluding carboxylic acids is 1. The highest BCUT2D eigenvalue weighted by atomic mass is 19.1. The molecule has 3 N–H and O–H groups in total. The van der Waals surface area contributed by atoms with E-state index in [4.69, 9.17) is 0 Å². The van der Waals surface area contributed by atoms with Gasteiger partial charge in [-0.1, -0.05) is 19.1 Å². The zero-order chi connectivity index (χ0) is 18.0. The molecular formula is C18H17F2N3O2. The molecule has 1 amide bonds. The number of aromatic nitrogens is 2. The fourth-order valence-electron chi connectivity index (χ4n) is 2.82. The van der Waals surface area contributed by atoms with E-state index in [1.807, 2.05) is 0 Å². The van der Waals surface area contributed by atoms with Crippen LogP contribution in [0.3, 0.4) is 0 Å². The lowest BCUT2D eigenvalue weighted by molar-refractivity contribution is -0.121. The summed E-state index contributed by atoms with van der Waals surface area (Å²) >= 11 is 0. The molecule has 0 unspecified atom stereocenters. The summed E-state index contributed by atoms with van der Waals surface area (Å²) in [7, 11) is 0. The van der Waals surface area contributed by atoms with Crippen LogP contribution in [0.4, 0.5) is 8.78 Å². The Hall–Kier alpha value is -2.96. The molecule has 1 atom stereocenters. The number of rotatable bonds is 5. The van der Waals surface area contributed by atoms with Gasteiger partial charge in [0.25, 0.3) is 0 Å². The molecule has 3 aromatic rings. The summed E-state index contributed by atoms with van der Waals surface area (Å²) in [6.45, 7) is 1.87. The summed E-state index contributed by atoms with van der Waals surface area (Å²) in [6, 6.07) is 8.94. The summed E-state index contributed by atoms with van der Waals surface area (Å²) in [5.41, 5.74) is 1.77. The lowest BCUT2D eigenvalue weighted by Crippen LogP contribution is -2.24. The van der Waals surface area contributed by atoms with Crippen LogP contribution in [0.25, 0.3) is 11.0 Å². The van der Waals surface area contributed by atoms with Gasteiger partial charge in [-0.25, -0.2) is 13.6 Å². The van der Waals surface area contributed by atoms with Crippen molar-refractivity contribution in [3.8, 4) is 0 Å². The molecule has 0 saturated carbocycles. The number of nitrogens with one attached hydrogen (secondary N) is 3. The SMILES string of the molecule is C[C@H](CC(=O)NCc1ccc2[nH]c(=O)[nH]c2c1)c1c(F)cccc1F. The second kappa shape index (κ2) is 6.88. The summed E-state index contributed by atoms with van der Waals surface area (Å²) in [6.07, 6.45) is -0.0267. The number of H-pyrrole nitrogens is 2. The Labute approximate surface area is 142 Å². The van der Waals surface area contributed by atoms with Crippen molar-refractivity contribution < 1.29 is 13.6 Å². The minimum atomic E-state index is -0.651. The van der Waals surface area contributed by atoms with E-state index in [1.54, 1.807) is 25.1 Å². The molecule has 0 aliphatic rings. The van der Waals surface area contributed by atoms with E-state index in [2.05, 4.69) is 15.3 Å².